The summed E-state index contributed by atoms with van der Waals surface area (Å²) in [6, 6.07) is 6.00. The number of hydrogen-bond donors (Lipinski definition) is 0. The summed E-state index contributed by atoms with van der Waals surface area (Å²) in [6.07, 6.45) is 8.77. The van der Waals surface area contributed by atoms with Gasteiger partial charge < -0.3 is 0 Å². The maximum Gasteiger partial charge on any atom is 0.300 e. The second-order valence-electron chi connectivity index (χ2n) is 4.99. The quantitative estimate of drug-likeness (QED) is 0.550. The van der Waals surface area contributed by atoms with E-state index in [9.17, 15) is 4.79 Å². The van der Waals surface area contributed by atoms with Crippen molar-refractivity contribution in [3.8, 4) is 18.0 Å². The number of terminal acetylenes is 1. The Morgan fingerprint density at radius 1 is 1.18 bits per heavy atom. The van der Waals surface area contributed by atoms with Crippen LogP contribution in [0.25, 0.3) is 11.3 Å². The molecule has 0 aliphatic rings. The van der Waals surface area contributed by atoms with E-state index in [0.717, 1.165) is 16.8 Å². The van der Waals surface area contributed by atoms with E-state index in [-0.39, 0.29) is 5.56 Å². The van der Waals surface area contributed by atoms with Crippen molar-refractivity contribution in [1.29, 1.82) is 0 Å². The molecule has 0 spiro atoms. The summed E-state index contributed by atoms with van der Waals surface area (Å²) in [5.41, 5.74) is 3.13. The zero-order valence-electron chi connectivity index (χ0n) is 12.3. The van der Waals surface area contributed by atoms with Gasteiger partial charge in [-0.25, -0.2) is 0 Å². The molecule has 0 radical (unpaired) electrons. The smallest absolute Gasteiger partial charge is 0.280 e. The van der Waals surface area contributed by atoms with Crippen LogP contribution in [-0.2, 0) is 0 Å². The van der Waals surface area contributed by atoms with E-state index in [2.05, 4.69) is 22.2 Å². The minimum absolute atomic E-state index is 0.201. The minimum Gasteiger partial charge on any atom is -0.280 e. The van der Waals surface area contributed by atoms with Gasteiger partial charge in [-0.3, -0.25) is 13.8 Å². The predicted octanol–water partition coefficient (Wildman–Crippen LogP) is 2.22. The SMILES string of the molecule is C#CCSc1nnc2c(=O)n(-c3cc(C)cc(C)c3)ccn12. The van der Waals surface area contributed by atoms with Gasteiger partial charge >= 0.3 is 5.56 Å². The molecule has 0 atom stereocenters. The molecule has 6 heteroatoms. The fourth-order valence-electron chi connectivity index (χ4n) is 2.36. The van der Waals surface area contributed by atoms with E-state index in [4.69, 9.17) is 6.42 Å². The van der Waals surface area contributed by atoms with Crippen LogP contribution in [0.2, 0.25) is 0 Å². The summed E-state index contributed by atoms with van der Waals surface area (Å²) < 4.78 is 3.25. The van der Waals surface area contributed by atoms with Crippen molar-refractivity contribution in [2.24, 2.45) is 0 Å². The molecule has 0 bridgehead atoms. The van der Waals surface area contributed by atoms with E-state index in [1.807, 2.05) is 26.0 Å². The van der Waals surface area contributed by atoms with Gasteiger partial charge in [0.05, 0.1) is 5.75 Å². The van der Waals surface area contributed by atoms with Crippen LogP contribution >= 0.6 is 11.8 Å². The third kappa shape index (κ3) is 2.51. The van der Waals surface area contributed by atoms with E-state index >= 15 is 0 Å². The third-order valence-corrected chi connectivity index (χ3v) is 4.06. The molecule has 2 aromatic heterocycles. The summed E-state index contributed by atoms with van der Waals surface area (Å²) in [5.74, 6) is 3.02. The lowest BCUT2D eigenvalue weighted by molar-refractivity contribution is 0.893. The van der Waals surface area contributed by atoms with Gasteiger partial charge in [0.25, 0.3) is 0 Å². The molecule has 0 saturated carbocycles. The molecule has 110 valence electrons. The van der Waals surface area contributed by atoms with Gasteiger partial charge in [0.1, 0.15) is 0 Å². The van der Waals surface area contributed by atoms with E-state index < -0.39 is 0 Å². The average molecular weight is 310 g/mol. The first kappa shape index (κ1) is 14.4. The first-order valence-electron chi connectivity index (χ1n) is 6.71. The molecule has 22 heavy (non-hydrogen) atoms. The maximum atomic E-state index is 12.6. The molecule has 0 N–H and O–H groups in total. The first-order valence-corrected chi connectivity index (χ1v) is 7.70. The molecule has 0 amide bonds. The molecule has 3 rings (SSSR count). The molecule has 0 unspecified atom stereocenters. The number of fused-ring (bicyclic) bond motifs is 1. The Labute approximate surface area is 132 Å². The summed E-state index contributed by atoms with van der Waals surface area (Å²) in [5, 5.41) is 8.65. The Balaban J connectivity index is 2.15. The first-order chi connectivity index (χ1) is 10.6. The van der Waals surface area contributed by atoms with Crippen LogP contribution < -0.4 is 5.56 Å². The second kappa shape index (κ2) is 5.70. The molecule has 3 aromatic rings. The van der Waals surface area contributed by atoms with Crippen molar-refractivity contribution in [3.63, 3.8) is 0 Å². The van der Waals surface area contributed by atoms with Gasteiger partial charge in [-0.2, -0.15) is 0 Å². The summed E-state index contributed by atoms with van der Waals surface area (Å²) in [7, 11) is 0. The molecule has 5 nitrogen and oxygen atoms in total. The number of nitrogens with zero attached hydrogens (tertiary/aromatic N) is 4. The summed E-state index contributed by atoms with van der Waals surface area (Å²) in [6.45, 7) is 4.01. The Morgan fingerprint density at radius 3 is 2.59 bits per heavy atom. The number of hydrogen-bond acceptors (Lipinski definition) is 4. The van der Waals surface area contributed by atoms with Gasteiger partial charge in [0.15, 0.2) is 5.16 Å². The largest absolute Gasteiger partial charge is 0.300 e. The molecule has 1 aromatic carbocycles. The maximum absolute atomic E-state index is 12.6. The normalized spacial score (nSPS) is 10.8. The van der Waals surface area contributed by atoms with Gasteiger partial charge in [-0.1, -0.05) is 23.7 Å². The highest BCUT2D eigenvalue weighted by Crippen LogP contribution is 2.16. The van der Waals surface area contributed by atoms with E-state index in [1.165, 1.54) is 11.8 Å². The highest BCUT2D eigenvalue weighted by atomic mass is 32.2. The number of aryl methyl sites for hydroxylation is 2. The molecule has 0 saturated heterocycles. The van der Waals surface area contributed by atoms with Gasteiger partial charge in [-0.05, 0) is 37.1 Å². The predicted molar refractivity (Wildman–Crippen MR) is 87.6 cm³/mol. The van der Waals surface area contributed by atoms with Crippen molar-refractivity contribution in [2.75, 3.05) is 5.75 Å². The number of thioether (sulfide) groups is 1. The number of rotatable bonds is 3. The highest BCUT2D eigenvalue weighted by Gasteiger charge is 2.11. The zero-order chi connectivity index (χ0) is 15.7. The van der Waals surface area contributed by atoms with Crippen molar-refractivity contribution < 1.29 is 0 Å². The third-order valence-electron chi connectivity index (χ3n) is 3.21. The van der Waals surface area contributed by atoms with Crippen LogP contribution in [-0.4, -0.2) is 24.9 Å². The zero-order valence-corrected chi connectivity index (χ0v) is 13.1. The van der Waals surface area contributed by atoms with E-state index in [1.54, 1.807) is 21.4 Å². The van der Waals surface area contributed by atoms with Gasteiger partial charge in [0.2, 0.25) is 5.65 Å². The van der Waals surface area contributed by atoms with Crippen LogP contribution in [0, 0.1) is 26.2 Å². The lowest BCUT2D eigenvalue weighted by Crippen LogP contribution is -2.20. The minimum atomic E-state index is -0.201. The van der Waals surface area contributed by atoms with Crippen LogP contribution in [0.4, 0.5) is 0 Å². The van der Waals surface area contributed by atoms with Crippen molar-refractivity contribution in [1.82, 2.24) is 19.2 Å². The molecule has 0 aliphatic carbocycles. The van der Waals surface area contributed by atoms with Gasteiger partial charge in [0, 0.05) is 18.1 Å². The Hall–Kier alpha value is -2.52. The number of benzene rings is 1. The molecule has 0 aliphatic heterocycles. The van der Waals surface area contributed by atoms with Crippen LogP contribution in [0.5, 0.6) is 0 Å². The monoisotopic (exact) mass is 310 g/mol. The second-order valence-corrected chi connectivity index (χ2v) is 5.93. The molecular weight excluding hydrogens is 296 g/mol. The van der Waals surface area contributed by atoms with Crippen molar-refractivity contribution in [2.45, 2.75) is 19.0 Å². The van der Waals surface area contributed by atoms with Crippen LogP contribution in [0.15, 0.2) is 40.5 Å². The van der Waals surface area contributed by atoms with E-state index in [0.29, 0.717) is 16.6 Å². The van der Waals surface area contributed by atoms with Gasteiger partial charge in [-0.15, -0.1) is 16.6 Å². The summed E-state index contributed by atoms with van der Waals surface area (Å²) >= 11 is 1.38. The highest BCUT2D eigenvalue weighted by molar-refractivity contribution is 7.99. The molecule has 2 heterocycles. The lowest BCUT2D eigenvalue weighted by Gasteiger charge is -2.08. The fraction of sp³-hybridized carbons (Fsp3) is 0.188. The Morgan fingerprint density at radius 2 is 1.91 bits per heavy atom. The fourth-order valence-corrected chi connectivity index (χ4v) is 2.96. The Kier molecular flexibility index (Phi) is 3.73. The number of aromatic nitrogens is 4. The lowest BCUT2D eigenvalue weighted by atomic mass is 10.1. The molecular formula is C16H14N4OS. The standard InChI is InChI=1S/C16H14N4OS/c1-4-7-22-16-18-17-14-15(21)19(5-6-20(14)16)13-9-11(2)8-12(3)10-13/h1,5-6,8-10H,7H2,2-3H3. The Bertz CT molecular complexity index is 929. The topological polar surface area (TPSA) is 52.2 Å². The van der Waals surface area contributed by atoms with Crippen LogP contribution in [0.1, 0.15) is 11.1 Å². The summed E-state index contributed by atoms with van der Waals surface area (Å²) in [4.78, 5) is 12.6. The average Bonchev–Trinajstić information content (AvgIpc) is 2.88. The van der Waals surface area contributed by atoms with Crippen molar-refractivity contribution in [3.05, 3.63) is 52.1 Å². The molecule has 0 fully saturated rings. The van der Waals surface area contributed by atoms with Crippen LogP contribution in [0.3, 0.4) is 0 Å². The van der Waals surface area contributed by atoms with Crippen molar-refractivity contribution >= 4 is 17.4 Å².